The van der Waals surface area contributed by atoms with Gasteiger partial charge in [0.2, 0.25) is 0 Å². The molecular formula is C25H20F4N6O2. The van der Waals surface area contributed by atoms with E-state index in [1.807, 2.05) is 6.07 Å². The van der Waals surface area contributed by atoms with E-state index >= 15 is 0 Å². The van der Waals surface area contributed by atoms with Gasteiger partial charge < -0.3 is 9.88 Å². The number of anilines is 1. The zero-order chi connectivity index (χ0) is 26.7. The van der Waals surface area contributed by atoms with Gasteiger partial charge in [-0.25, -0.2) is 9.49 Å². The van der Waals surface area contributed by atoms with E-state index in [0.717, 1.165) is 12.3 Å². The number of aromatic amines is 1. The maximum absolute atomic E-state index is 14.8. The van der Waals surface area contributed by atoms with Crippen LogP contribution in [-0.2, 0) is 12.7 Å². The van der Waals surface area contributed by atoms with Crippen LogP contribution < -0.4 is 16.4 Å². The monoisotopic (exact) mass is 512 g/mol. The number of fused-ring (bicyclic) bond motifs is 1. The number of H-pyrrole nitrogens is 1. The van der Waals surface area contributed by atoms with Gasteiger partial charge in [0, 0.05) is 30.5 Å². The summed E-state index contributed by atoms with van der Waals surface area (Å²) in [5.74, 6) is -0.635. The first kappa shape index (κ1) is 25.6. The van der Waals surface area contributed by atoms with Crippen molar-refractivity contribution in [3.8, 4) is 17.3 Å². The Morgan fingerprint density at radius 2 is 1.97 bits per heavy atom. The molecule has 1 aromatic carbocycles. The lowest BCUT2D eigenvalue weighted by Crippen LogP contribution is -2.27. The highest BCUT2D eigenvalue weighted by atomic mass is 19.4. The summed E-state index contributed by atoms with van der Waals surface area (Å²) in [4.78, 5) is 28.6. The van der Waals surface area contributed by atoms with Crippen LogP contribution in [0.1, 0.15) is 30.9 Å². The van der Waals surface area contributed by atoms with Crippen molar-refractivity contribution in [3.05, 3.63) is 86.6 Å². The van der Waals surface area contributed by atoms with Crippen LogP contribution in [0.4, 0.5) is 23.2 Å². The molecule has 1 unspecified atom stereocenters. The summed E-state index contributed by atoms with van der Waals surface area (Å²) in [6.07, 6.45) is -0.227. The molecule has 0 aliphatic heterocycles. The molecule has 3 aromatic heterocycles. The van der Waals surface area contributed by atoms with Gasteiger partial charge in [-0.1, -0.05) is 0 Å². The number of hydrogen-bond acceptors (Lipinski definition) is 6. The fourth-order valence-corrected chi connectivity index (χ4v) is 3.99. The molecule has 0 amide bonds. The van der Waals surface area contributed by atoms with E-state index in [0.29, 0.717) is 29.5 Å². The van der Waals surface area contributed by atoms with Crippen LogP contribution in [0.5, 0.6) is 0 Å². The first-order valence-corrected chi connectivity index (χ1v) is 11.2. The summed E-state index contributed by atoms with van der Waals surface area (Å²) >= 11 is 0. The topological polar surface area (TPSA) is 116 Å². The zero-order valence-electron chi connectivity index (χ0n) is 19.4. The van der Waals surface area contributed by atoms with E-state index < -0.39 is 40.4 Å². The highest BCUT2D eigenvalue weighted by Gasteiger charge is 2.37. The quantitative estimate of drug-likeness (QED) is 0.353. The van der Waals surface area contributed by atoms with Gasteiger partial charge >= 0.3 is 6.18 Å². The molecule has 0 saturated heterocycles. The minimum Gasteiger partial charge on any atom is -0.381 e. The smallest absolute Gasteiger partial charge is 0.381 e. The molecule has 3 heterocycles. The van der Waals surface area contributed by atoms with E-state index in [-0.39, 0.29) is 17.5 Å². The Bertz CT molecular complexity index is 1600. The molecule has 0 saturated carbocycles. The lowest BCUT2D eigenvalue weighted by molar-refractivity contribution is -0.138. The molecule has 0 fully saturated rings. The third-order valence-electron chi connectivity index (χ3n) is 5.81. The highest BCUT2D eigenvalue weighted by Crippen LogP contribution is 2.32. The lowest BCUT2D eigenvalue weighted by Gasteiger charge is -2.18. The summed E-state index contributed by atoms with van der Waals surface area (Å²) in [6.45, 7) is 1.90. The fraction of sp³-hybridized carbons (Fsp3) is 0.240. The number of nitrogens with zero attached hydrogens (tertiary/aromatic N) is 4. The molecule has 1 atom stereocenters. The van der Waals surface area contributed by atoms with Crippen molar-refractivity contribution >= 4 is 16.5 Å². The number of benzene rings is 1. The molecule has 0 spiro atoms. The summed E-state index contributed by atoms with van der Waals surface area (Å²) in [5.41, 5.74) is -2.65. The van der Waals surface area contributed by atoms with Crippen molar-refractivity contribution in [1.29, 1.82) is 5.26 Å². The van der Waals surface area contributed by atoms with E-state index in [1.165, 1.54) is 29.0 Å². The molecule has 0 aliphatic carbocycles. The van der Waals surface area contributed by atoms with Crippen LogP contribution in [0.2, 0.25) is 0 Å². The standard InChI is InChI=1S/C25H20F4N6O2/c1-14(33-21-13-32-34-23(36)22(21)25(27,28)29)3-2-7-35-8-6-16-9-18(19(26)10-17(16)24(35)37)20-5-4-15(11-30)12-31-20/h4-6,8-10,12-14H,2-3,7H2,1H3,(H2,33,34,36). The van der Waals surface area contributed by atoms with Crippen LogP contribution in [0.3, 0.4) is 0 Å². The van der Waals surface area contributed by atoms with Gasteiger partial charge in [-0.05, 0) is 55.5 Å². The Kier molecular flexibility index (Phi) is 7.06. The number of nitrogens with one attached hydrogen (secondary N) is 2. The van der Waals surface area contributed by atoms with Crippen LogP contribution in [-0.4, -0.2) is 25.8 Å². The first-order chi connectivity index (χ1) is 17.6. The number of aryl methyl sites for hydroxylation is 1. The number of halogens is 4. The molecule has 37 heavy (non-hydrogen) atoms. The van der Waals surface area contributed by atoms with E-state index in [2.05, 4.69) is 15.4 Å². The molecule has 4 aromatic rings. The van der Waals surface area contributed by atoms with Crippen molar-refractivity contribution in [2.24, 2.45) is 0 Å². The van der Waals surface area contributed by atoms with Crippen LogP contribution >= 0.6 is 0 Å². The third-order valence-corrected chi connectivity index (χ3v) is 5.81. The Morgan fingerprint density at radius 3 is 2.65 bits per heavy atom. The number of nitriles is 1. The van der Waals surface area contributed by atoms with Gasteiger partial charge in [-0.2, -0.15) is 23.5 Å². The minimum absolute atomic E-state index is 0.174. The summed E-state index contributed by atoms with van der Waals surface area (Å²) in [5, 5.41) is 17.5. The molecule has 4 rings (SSSR count). The second kappa shape index (κ2) is 10.2. The fourth-order valence-electron chi connectivity index (χ4n) is 3.99. The summed E-state index contributed by atoms with van der Waals surface area (Å²) < 4.78 is 55.9. The van der Waals surface area contributed by atoms with Crippen LogP contribution in [0.25, 0.3) is 22.0 Å². The van der Waals surface area contributed by atoms with Crippen molar-refractivity contribution < 1.29 is 17.6 Å². The van der Waals surface area contributed by atoms with E-state index in [1.54, 1.807) is 24.3 Å². The second-order valence-electron chi connectivity index (χ2n) is 8.45. The van der Waals surface area contributed by atoms with Crippen molar-refractivity contribution in [2.45, 2.75) is 38.5 Å². The van der Waals surface area contributed by atoms with Gasteiger partial charge in [0.15, 0.2) is 0 Å². The third kappa shape index (κ3) is 5.50. The van der Waals surface area contributed by atoms with Crippen LogP contribution in [0.15, 0.2) is 58.5 Å². The normalized spacial score (nSPS) is 12.3. The first-order valence-electron chi connectivity index (χ1n) is 11.2. The zero-order valence-corrected chi connectivity index (χ0v) is 19.4. The predicted octanol–water partition coefficient (Wildman–Crippen LogP) is 4.46. The summed E-state index contributed by atoms with van der Waals surface area (Å²) in [6, 6.07) is 8.87. The van der Waals surface area contributed by atoms with Gasteiger partial charge in [-0.3, -0.25) is 14.6 Å². The number of rotatable bonds is 7. The van der Waals surface area contributed by atoms with Crippen LogP contribution in [0, 0.1) is 17.1 Å². The van der Waals surface area contributed by atoms with Gasteiger partial charge in [0.25, 0.3) is 11.1 Å². The Hall–Kier alpha value is -4.53. The number of hydrogen-bond donors (Lipinski definition) is 2. The van der Waals surface area contributed by atoms with Crippen molar-refractivity contribution in [1.82, 2.24) is 19.7 Å². The van der Waals surface area contributed by atoms with Crippen molar-refractivity contribution in [3.63, 3.8) is 0 Å². The largest absolute Gasteiger partial charge is 0.423 e. The van der Waals surface area contributed by atoms with E-state index in [9.17, 15) is 27.2 Å². The molecule has 2 N–H and O–H groups in total. The molecule has 8 nitrogen and oxygen atoms in total. The lowest BCUT2D eigenvalue weighted by atomic mass is 10.0. The second-order valence-corrected chi connectivity index (χ2v) is 8.45. The molecule has 0 bridgehead atoms. The van der Waals surface area contributed by atoms with Gasteiger partial charge in [-0.15, -0.1) is 0 Å². The predicted molar refractivity (Wildman–Crippen MR) is 128 cm³/mol. The SMILES string of the molecule is CC(CCCn1ccc2cc(-c3ccc(C#N)cn3)c(F)cc2c1=O)Nc1cn[nH]c(=O)c1C(F)(F)F. The van der Waals surface area contributed by atoms with E-state index in [4.69, 9.17) is 5.26 Å². The molecule has 190 valence electrons. The molecule has 12 heteroatoms. The average molecular weight is 512 g/mol. The van der Waals surface area contributed by atoms with Gasteiger partial charge in [0.05, 0.1) is 28.5 Å². The maximum atomic E-state index is 14.8. The Morgan fingerprint density at radius 1 is 1.19 bits per heavy atom. The maximum Gasteiger partial charge on any atom is 0.423 e. The summed E-state index contributed by atoms with van der Waals surface area (Å²) in [7, 11) is 0. The molecule has 0 radical (unpaired) electrons. The Balaban J connectivity index is 1.47. The highest BCUT2D eigenvalue weighted by molar-refractivity contribution is 5.86. The molecule has 0 aliphatic rings. The number of alkyl halides is 3. The Labute approximate surface area is 207 Å². The average Bonchev–Trinajstić information content (AvgIpc) is 2.85. The molecular weight excluding hydrogens is 492 g/mol. The van der Waals surface area contributed by atoms with Crippen molar-refractivity contribution in [2.75, 3.05) is 5.32 Å². The number of aromatic nitrogens is 4. The minimum atomic E-state index is -4.84. The number of pyridine rings is 2. The van der Waals surface area contributed by atoms with Gasteiger partial charge in [0.1, 0.15) is 17.4 Å².